The van der Waals surface area contributed by atoms with Crippen molar-refractivity contribution in [3.8, 4) is 0 Å². The lowest BCUT2D eigenvalue weighted by Gasteiger charge is -2.27. The summed E-state index contributed by atoms with van der Waals surface area (Å²) in [5.41, 5.74) is 0.442. The molecular weight excluding hydrogens is 250 g/mol. The van der Waals surface area contributed by atoms with Crippen LogP contribution in [-0.2, 0) is 4.79 Å². The number of aryl methyl sites for hydroxylation is 1. The Hall–Kier alpha value is -2.18. The van der Waals surface area contributed by atoms with E-state index in [4.69, 9.17) is 5.11 Å². The van der Waals surface area contributed by atoms with Gasteiger partial charge >= 0.3 is 11.7 Å². The molecule has 0 amide bonds. The minimum Gasteiger partial charge on any atom is -0.481 e. The first-order valence-electron chi connectivity index (χ1n) is 5.96. The molecule has 1 aromatic rings. The number of hydrogen-bond acceptors (Lipinski definition) is 5. The van der Waals surface area contributed by atoms with Gasteiger partial charge in [0.25, 0.3) is 0 Å². The number of aliphatic carboxylic acids is 1. The van der Waals surface area contributed by atoms with Gasteiger partial charge in [-0.1, -0.05) is 0 Å². The molecule has 0 fully saturated rings. The third kappa shape index (κ3) is 3.40. The molecule has 7 heteroatoms. The summed E-state index contributed by atoms with van der Waals surface area (Å²) in [4.78, 5) is 27.1. The molecule has 0 aliphatic rings. The summed E-state index contributed by atoms with van der Waals surface area (Å²) in [6.07, 6.45) is 1.40. The third-order valence-electron chi connectivity index (χ3n) is 2.90. The van der Waals surface area contributed by atoms with E-state index < -0.39 is 10.9 Å². The van der Waals surface area contributed by atoms with Crippen LogP contribution in [0.4, 0.5) is 11.5 Å². The van der Waals surface area contributed by atoms with Crippen LogP contribution >= 0.6 is 0 Å². The number of carbonyl (C=O) groups is 1. The van der Waals surface area contributed by atoms with Gasteiger partial charge in [-0.25, -0.2) is 4.98 Å². The molecule has 0 saturated heterocycles. The maximum atomic E-state index is 11.1. The van der Waals surface area contributed by atoms with Gasteiger partial charge in [-0.2, -0.15) is 0 Å². The summed E-state index contributed by atoms with van der Waals surface area (Å²) in [5.74, 6) is -0.720. The SMILES string of the molecule is CCN(c1nccc(C)c1[N+](=O)[O-])C(C)CC(=O)O. The van der Waals surface area contributed by atoms with Crippen molar-refractivity contribution in [2.45, 2.75) is 33.2 Å². The molecule has 7 nitrogen and oxygen atoms in total. The zero-order valence-electron chi connectivity index (χ0n) is 11.2. The van der Waals surface area contributed by atoms with Crippen LogP contribution in [0.5, 0.6) is 0 Å². The molecule has 0 saturated carbocycles. The van der Waals surface area contributed by atoms with Crippen molar-refractivity contribution >= 4 is 17.5 Å². The first-order valence-corrected chi connectivity index (χ1v) is 5.96. The third-order valence-corrected chi connectivity index (χ3v) is 2.90. The summed E-state index contributed by atoms with van der Waals surface area (Å²) in [6, 6.07) is 1.20. The zero-order valence-corrected chi connectivity index (χ0v) is 11.2. The lowest BCUT2D eigenvalue weighted by atomic mass is 10.1. The Labute approximate surface area is 111 Å². The summed E-state index contributed by atoms with van der Waals surface area (Å²) in [7, 11) is 0. The molecule has 19 heavy (non-hydrogen) atoms. The fraction of sp³-hybridized carbons (Fsp3) is 0.500. The average Bonchev–Trinajstić information content (AvgIpc) is 2.28. The summed E-state index contributed by atoms with van der Waals surface area (Å²) in [6.45, 7) is 5.61. The molecule has 0 aromatic carbocycles. The average molecular weight is 267 g/mol. The minimum atomic E-state index is -0.943. The van der Waals surface area contributed by atoms with E-state index in [0.29, 0.717) is 12.1 Å². The monoisotopic (exact) mass is 267 g/mol. The number of aromatic nitrogens is 1. The summed E-state index contributed by atoms with van der Waals surface area (Å²) in [5, 5.41) is 20.0. The van der Waals surface area contributed by atoms with Crippen molar-refractivity contribution in [1.82, 2.24) is 4.98 Å². The second-order valence-electron chi connectivity index (χ2n) is 4.29. The van der Waals surface area contributed by atoms with Crippen LogP contribution < -0.4 is 4.90 Å². The van der Waals surface area contributed by atoms with Crippen LogP contribution in [0.1, 0.15) is 25.8 Å². The highest BCUT2D eigenvalue weighted by Crippen LogP contribution is 2.30. The van der Waals surface area contributed by atoms with Gasteiger partial charge in [0.1, 0.15) is 0 Å². The van der Waals surface area contributed by atoms with E-state index in [0.717, 1.165) is 0 Å². The van der Waals surface area contributed by atoms with E-state index in [9.17, 15) is 14.9 Å². The number of carboxylic acids is 1. The number of nitrogens with zero attached hydrogens (tertiary/aromatic N) is 3. The van der Waals surface area contributed by atoms with E-state index in [2.05, 4.69) is 4.98 Å². The van der Waals surface area contributed by atoms with Gasteiger partial charge in [0, 0.05) is 24.3 Å². The highest BCUT2D eigenvalue weighted by atomic mass is 16.6. The lowest BCUT2D eigenvalue weighted by molar-refractivity contribution is -0.384. The molecule has 1 unspecified atom stereocenters. The number of carboxylic acid groups (broad SMARTS) is 1. The van der Waals surface area contributed by atoms with Gasteiger partial charge in [0.2, 0.25) is 5.82 Å². The summed E-state index contributed by atoms with van der Waals surface area (Å²) < 4.78 is 0. The fourth-order valence-corrected chi connectivity index (χ4v) is 2.01. The van der Waals surface area contributed by atoms with Gasteiger partial charge < -0.3 is 10.0 Å². The molecular formula is C12H17N3O4. The second kappa shape index (κ2) is 6.12. The van der Waals surface area contributed by atoms with Crippen LogP contribution in [0.2, 0.25) is 0 Å². The smallest absolute Gasteiger partial charge is 0.314 e. The first kappa shape index (κ1) is 14.9. The van der Waals surface area contributed by atoms with Crippen LogP contribution in [0.3, 0.4) is 0 Å². The van der Waals surface area contributed by atoms with E-state index in [1.54, 1.807) is 24.8 Å². The molecule has 1 N–H and O–H groups in total. The Kier molecular flexibility index (Phi) is 4.80. The molecule has 0 spiro atoms. The number of anilines is 1. The number of hydrogen-bond donors (Lipinski definition) is 1. The largest absolute Gasteiger partial charge is 0.481 e. The number of pyridine rings is 1. The van der Waals surface area contributed by atoms with Crippen LogP contribution in [0.15, 0.2) is 12.3 Å². The molecule has 1 heterocycles. The molecule has 0 aliphatic heterocycles. The molecule has 0 aliphatic carbocycles. The van der Waals surface area contributed by atoms with Crippen LogP contribution in [0, 0.1) is 17.0 Å². The van der Waals surface area contributed by atoms with Gasteiger partial charge in [-0.05, 0) is 26.8 Å². The Balaban J connectivity index is 3.21. The Morgan fingerprint density at radius 2 is 2.26 bits per heavy atom. The maximum Gasteiger partial charge on any atom is 0.314 e. The Morgan fingerprint density at radius 3 is 2.74 bits per heavy atom. The minimum absolute atomic E-state index is 0.0680. The maximum absolute atomic E-state index is 11.1. The van der Waals surface area contributed by atoms with Crippen molar-refractivity contribution < 1.29 is 14.8 Å². The number of nitro groups is 1. The van der Waals surface area contributed by atoms with Crippen LogP contribution in [0.25, 0.3) is 0 Å². The normalized spacial score (nSPS) is 11.9. The van der Waals surface area contributed by atoms with Crippen molar-refractivity contribution in [2.75, 3.05) is 11.4 Å². The quantitative estimate of drug-likeness (QED) is 0.625. The summed E-state index contributed by atoms with van der Waals surface area (Å²) >= 11 is 0. The fourth-order valence-electron chi connectivity index (χ4n) is 2.01. The zero-order chi connectivity index (χ0) is 14.6. The molecule has 104 valence electrons. The highest BCUT2D eigenvalue weighted by Gasteiger charge is 2.26. The Morgan fingerprint density at radius 1 is 1.63 bits per heavy atom. The van der Waals surface area contributed by atoms with Crippen molar-refractivity contribution in [1.29, 1.82) is 0 Å². The standard InChI is InChI=1S/C12H17N3O4/c1-4-14(9(3)7-10(16)17)12-11(15(18)19)8(2)5-6-13-12/h5-6,9H,4,7H2,1-3H3,(H,16,17). The molecule has 0 bridgehead atoms. The van der Waals surface area contributed by atoms with Gasteiger partial charge in [-0.3, -0.25) is 14.9 Å². The second-order valence-corrected chi connectivity index (χ2v) is 4.29. The highest BCUT2D eigenvalue weighted by molar-refractivity contribution is 5.69. The first-order chi connectivity index (χ1) is 8.88. The van der Waals surface area contributed by atoms with Crippen LogP contribution in [-0.4, -0.2) is 33.6 Å². The Bertz CT molecular complexity index is 490. The molecule has 0 radical (unpaired) electrons. The van der Waals surface area contributed by atoms with E-state index in [1.165, 1.54) is 6.20 Å². The number of rotatable bonds is 6. The molecule has 1 aromatic heterocycles. The predicted octanol–water partition coefficient (Wildman–Crippen LogP) is 1.99. The van der Waals surface area contributed by atoms with E-state index in [1.807, 2.05) is 6.92 Å². The van der Waals surface area contributed by atoms with Gasteiger partial charge in [-0.15, -0.1) is 0 Å². The van der Waals surface area contributed by atoms with Gasteiger partial charge in [0.05, 0.1) is 11.3 Å². The molecule has 1 rings (SSSR count). The topological polar surface area (TPSA) is 96.6 Å². The van der Waals surface area contributed by atoms with Crippen molar-refractivity contribution in [3.63, 3.8) is 0 Å². The van der Waals surface area contributed by atoms with Crippen molar-refractivity contribution in [2.24, 2.45) is 0 Å². The lowest BCUT2D eigenvalue weighted by Crippen LogP contribution is -2.35. The predicted molar refractivity (Wildman–Crippen MR) is 70.4 cm³/mol. The molecule has 1 atom stereocenters. The van der Waals surface area contributed by atoms with Crippen molar-refractivity contribution in [3.05, 3.63) is 27.9 Å². The van der Waals surface area contributed by atoms with Gasteiger partial charge in [0.15, 0.2) is 0 Å². The van der Waals surface area contributed by atoms with E-state index in [-0.39, 0.29) is 24.0 Å². The van der Waals surface area contributed by atoms with E-state index >= 15 is 0 Å².